The third-order valence-electron chi connectivity index (χ3n) is 5.56. The van der Waals surface area contributed by atoms with E-state index in [1.807, 2.05) is 0 Å². The van der Waals surface area contributed by atoms with Crippen molar-refractivity contribution < 1.29 is 26.9 Å². The first-order chi connectivity index (χ1) is 15.4. The number of rotatable bonds is 6. The summed E-state index contributed by atoms with van der Waals surface area (Å²) in [5.41, 5.74) is -0.190. The van der Waals surface area contributed by atoms with E-state index in [9.17, 15) is 32.1 Å². The van der Waals surface area contributed by atoms with Crippen molar-refractivity contribution in [2.45, 2.75) is 24.7 Å². The minimum absolute atomic E-state index is 0.0251. The first-order valence-electron chi connectivity index (χ1n) is 10.1. The quantitative estimate of drug-likeness (QED) is 0.499. The number of carbonyl (C=O) groups excluding carboxylic acids is 1. The van der Waals surface area contributed by atoms with Crippen LogP contribution in [0.5, 0.6) is 0 Å². The zero-order chi connectivity index (χ0) is 24.5. The highest BCUT2D eigenvalue weighted by Gasteiger charge is 2.33. The molecule has 0 aliphatic carbocycles. The zero-order valence-corrected chi connectivity index (χ0v) is 19.2. The Labute approximate surface area is 190 Å². The molecule has 1 fully saturated rings. The van der Waals surface area contributed by atoms with Crippen molar-refractivity contribution >= 4 is 33.0 Å². The van der Waals surface area contributed by atoms with Gasteiger partial charge in [-0.3, -0.25) is 14.9 Å². The average molecular weight is 483 g/mol. The highest BCUT2D eigenvalue weighted by Crippen LogP contribution is 2.30. The highest BCUT2D eigenvalue weighted by molar-refractivity contribution is 7.89. The summed E-state index contributed by atoms with van der Waals surface area (Å²) in [4.78, 5) is 24.1. The molecule has 0 atom stereocenters. The van der Waals surface area contributed by atoms with E-state index >= 15 is 0 Å². The average Bonchev–Trinajstić information content (AvgIpc) is 2.73. The van der Waals surface area contributed by atoms with Crippen LogP contribution in [0.1, 0.15) is 18.4 Å². The van der Waals surface area contributed by atoms with Crippen LogP contribution in [-0.4, -0.2) is 50.7 Å². The Balaban J connectivity index is 1.69. The molecule has 1 aliphatic heterocycles. The van der Waals surface area contributed by atoms with Crippen molar-refractivity contribution in [2.75, 3.05) is 37.4 Å². The minimum atomic E-state index is -3.99. The number of halogens is 2. The molecule has 0 bridgehead atoms. The molecule has 0 unspecified atom stereocenters. The smallest absolute Gasteiger partial charge is 0.270 e. The Kier molecular flexibility index (Phi) is 6.98. The molecule has 1 N–H and O–H groups in total. The minimum Gasteiger partial charge on any atom is -0.373 e. The van der Waals surface area contributed by atoms with Gasteiger partial charge in [-0.05, 0) is 37.5 Å². The fourth-order valence-corrected chi connectivity index (χ4v) is 5.50. The molecule has 9 nitrogen and oxygen atoms in total. The number of anilines is 2. The molecular formula is C21H24F2N4O5S. The van der Waals surface area contributed by atoms with Gasteiger partial charge >= 0.3 is 0 Å². The van der Waals surface area contributed by atoms with Crippen LogP contribution >= 0.6 is 0 Å². The van der Waals surface area contributed by atoms with E-state index in [2.05, 4.69) is 5.32 Å². The van der Waals surface area contributed by atoms with Gasteiger partial charge in [-0.15, -0.1) is 0 Å². The van der Waals surface area contributed by atoms with Gasteiger partial charge in [-0.25, -0.2) is 17.2 Å². The van der Waals surface area contributed by atoms with Gasteiger partial charge in [0, 0.05) is 50.9 Å². The number of non-ortho nitro benzene ring substituents is 1. The lowest BCUT2D eigenvalue weighted by molar-refractivity contribution is -0.385. The largest absolute Gasteiger partial charge is 0.373 e. The number of piperidine rings is 1. The van der Waals surface area contributed by atoms with Gasteiger partial charge in [0.05, 0.1) is 9.82 Å². The fourth-order valence-electron chi connectivity index (χ4n) is 3.79. The summed E-state index contributed by atoms with van der Waals surface area (Å²) in [6, 6.07) is 5.71. The predicted octanol–water partition coefficient (Wildman–Crippen LogP) is 3.29. The van der Waals surface area contributed by atoms with E-state index in [4.69, 9.17) is 0 Å². The van der Waals surface area contributed by atoms with Gasteiger partial charge in [-0.1, -0.05) is 6.07 Å². The summed E-state index contributed by atoms with van der Waals surface area (Å²) >= 11 is 0. The number of carbonyl (C=O) groups is 1. The number of hydrogen-bond acceptors (Lipinski definition) is 6. The van der Waals surface area contributed by atoms with Crippen LogP contribution in [0.4, 0.5) is 25.8 Å². The van der Waals surface area contributed by atoms with Crippen LogP contribution in [0, 0.1) is 34.6 Å². The molecule has 1 aliphatic rings. The first-order valence-corrected chi connectivity index (χ1v) is 11.6. The molecule has 1 saturated heterocycles. The summed E-state index contributed by atoms with van der Waals surface area (Å²) in [6.45, 7) is 1.62. The van der Waals surface area contributed by atoms with E-state index in [0.29, 0.717) is 5.56 Å². The second-order valence-corrected chi connectivity index (χ2v) is 9.96. The lowest BCUT2D eigenvalue weighted by atomic mass is 9.97. The number of aryl methyl sites for hydroxylation is 1. The van der Waals surface area contributed by atoms with Crippen LogP contribution in [0.3, 0.4) is 0 Å². The standard InChI is InChI=1S/C21H24F2N4O5S/c1-13-4-5-16(27(29)30)12-19(13)33(31,32)26-8-6-14(7-9-26)21(28)24-15-10-17(22)20(25(2)3)18(23)11-15/h4-5,10-12,14H,6-9H2,1-3H3,(H,24,28). The summed E-state index contributed by atoms with van der Waals surface area (Å²) in [5, 5.41) is 13.5. The molecule has 33 heavy (non-hydrogen) atoms. The first kappa shape index (κ1) is 24.5. The van der Waals surface area contributed by atoms with Gasteiger partial charge in [0.1, 0.15) is 5.69 Å². The van der Waals surface area contributed by atoms with Gasteiger partial charge in [0.2, 0.25) is 15.9 Å². The normalized spacial score (nSPS) is 15.3. The number of sulfonamides is 1. The molecule has 3 rings (SSSR count). The Bertz CT molecular complexity index is 1170. The number of benzene rings is 2. The van der Waals surface area contributed by atoms with Crippen molar-refractivity contribution in [2.24, 2.45) is 5.92 Å². The molecule has 0 saturated carbocycles. The molecule has 1 amide bonds. The van der Waals surface area contributed by atoms with E-state index in [1.54, 1.807) is 6.92 Å². The number of hydrogen-bond donors (Lipinski definition) is 1. The van der Waals surface area contributed by atoms with Crippen LogP contribution < -0.4 is 10.2 Å². The number of nitro benzene ring substituents is 1. The Morgan fingerprint density at radius 1 is 1.15 bits per heavy atom. The molecule has 1 heterocycles. The summed E-state index contributed by atoms with van der Waals surface area (Å²) < 4.78 is 55.6. The van der Waals surface area contributed by atoms with Crippen molar-refractivity contribution in [3.05, 3.63) is 57.6 Å². The van der Waals surface area contributed by atoms with Crippen LogP contribution in [0.15, 0.2) is 35.2 Å². The molecule has 0 spiro atoms. The topological polar surface area (TPSA) is 113 Å². The monoisotopic (exact) mass is 482 g/mol. The molecular weight excluding hydrogens is 458 g/mol. The zero-order valence-electron chi connectivity index (χ0n) is 18.3. The van der Waals surface area contributed by atoms with Gasteiger partial charge in [0.25, 0.3) is 5.69 Å². The van der Waals surface area contributed by atoms with Crippen molar-refractivity contribution in [3.8, 4) is 0 Å². The lowest BCUT2D eigenvalue weighted by Gasteiger charge is -2.31. The van der Waals surface area contributed by atoms with Gasteiger partial charge in [-0.2, -0.15) is 4.31 Å². The van der Waals surface area contributed by atoms with E-state index in [1.165, 1.54) is 35.4 Å². The van der Waals surface area contributed by atoms with E-state index in [0.717, 1.165) is 18.2 Å². The van der Waals surface area contributed by atoms with Crippen LogP contribution in [0.2, 0.25) is 0 Å². The van der Waals surface area contributed by atoms with Gasteiger partial charge < -0.3 is 10.2 Å². The Morgan fingerprint density at radius 2 is 1.73 bits per heavy atom. The maximum Gasteiger partial charge on any atom is 0.270 e. The maximum atomic E-state index is 14.2. The molecule has 178 valence electrons. The highest BCUT2D eigenvalue weighted by atomic mass is 32.2. The molecule has 2 aromatic carbocycles. The SMILES string of the molecule is Cc1ccc([N+](=O)[O-])cc1S(=O)(=O)N1CCC(C(=O)Nc2cc(F)c(N(C)C)c(F)c2)CC1. The summed E-state index contributed by atoms with van der Waals surface area (Å²) in [6.07, 6.45) is 0.388. The molecule has 12 heteroatoms. The third-order valence-corrected chi connectivity index (χ3v) is 7.60. The maximum absolute atomic E-state index is 14.2. The second kappa shape index (κ2) is 9.40. The Morgan fingerprint density at radius 3 is 2.24 bits per heavy atom. The van der Waals surface area contributed by atoms with Gasteiger partial charge in [0.15, 0.2) is 11.6 Å². The van der Waals surface area contributed by atoms with E-state index < -0.39 is 38.4 Å². The number of nitrogens with one attached hydrogen (secondary N) is 1. The van der Waals surface area contributed by atoms with E-state index in [-0.39, 0.29) is 47.9 Å². The molecule has 2 aromatic rings. The fraction of sp³-hybridized carbons (Fsp3) is 0.381. The second-order valence-electron chi connectivity index (χ2n) is 8.06. The number of nitro groups is 1. The summed E-state index contributed by atoms with van der Waals surface area (Å²) in [7, 11) is -0.994. The van der Waals surface area contributed by atoms with Crippen LogP contribution in [0.25, 0.3) is 0 Å². The molecule has 0 radical (unpaired) electrons. The predicted molar refractivity (Wildman–Crippen MR) is 119 cm³/mol. The molecule has 0 aromatic heterocycles. The van der Waals surface area contributed by atoms with Crippen LogP contribution in [-0.2, 0) is 14.8 Å². The number of nitrogens with zero attached hydrogens (tertiary/aromatic N) is 3. The lowest BCUT2D eigenvalue weighted by Crippen LogP contribution is -2.41. The van der Waals surface area contributed by atoms with Crippen molar-refractivity contribution in [1.82, 2.24) is 4.31 Å². The van der Waals surface area contributed by atoms with Crippen molar-refractivity contribution in [1.29, 1.82) is 0 Å². The third kappa shape index (κ3) is 5.11. The van der Waals surface area contributed by atoms with Crippen molar-refractivity contribution in [3.63, 3.8) is 0 Å². The number of amides is 1. The Hall–Kier alpha value is -3.12. The summed E-state index contributed by atoms with van der Waals surface area (Å²) in [5.74, 6) is -2.65.